The van der Waals surface area contributed by atoms with E-state index < -0.39 is 23.9 Å². The molecule has 1 fully saturated rings. The zero-order valence-corrected chi connectivity index (χ0v) is 11.7. The van der Waals surface area contributed by atoms with Crippen LogP contribution < -0.4 is 10.6 Å². The third-order valence-electron chi connectivity index (χ3n) is 3.19. The number of carboxylic acids is 1. The van der Waals surface area contributed by atoms with E-state index in [9.17, 15) is 14.4 Å². The lowest BCUT2D eigenvalue weighted by molar-refractivity contribution is -0.144. The number of aliphatic carboxylic acids is 1. The van der Waals surface area contributed by atoms with Gasteiger partial charge in [-0.2, -0.15) is 0 Å². The molecule has 1 aliphatic rings. The minimum atomic E-state index is -1.17. The fourth-order valence-electron chi connectivity index (χ4n) is 1.94. The molecule has 1 aromatic heterocycles. The quantitative estimate of drug-likeness (QED) is 0.683. The molecule has 0 radical (unpaired) electrons. The molecule has 2 heterocycles. The Morgan fingerprint density at radius 1 is 1.52 bits per heavy atom. The van der Waals surface area contributed by atoms with Crippen LogP contribution in [0.2, 0.25) is 0 Å². The maximum Gasteiger partial charge on any atom is 0.328 e. The first-order valence-corrected chi connectivity index (χ1v) is 6.35. The summed E-state index contributed by atoms with van der Waals surface area (Å²) < 4.78 is 5.31. The zero-order chi connectivity index (χ0) is 15.6. The van der Waals surface area contributed by atoms with Gasteiger partial charge in [0.1, 0.15) is 18.3 Å². The Morgan fingerprint density at radius 2 is 2.24 bits per heavy atom. The molecular formula is C12H16N4O5. The van der Waals surface area contributed by atoms with Gasteiger partial charge in [-0.1, -0.05) is 0 Å². The number of rotatable bonds is 3. The summed E-state index contributed by atoms with van der Waals surface area (Å²) in [4.78, 5) is 39.5. The molecule has 1 aromatic rings. The molecule has 2 rings (SSSR count). The zero-order valence-electron chi connectivity index (χ0n) is 11.7. The van der Waals surface area contributed by atoms with Crippen molar-refractivity contribution in [1.82, 2.24) is 20.5 Å². The number of nitrogens with zero attached hydrogens (tertiary/aromatic N) is 2. The lowest BCUT2D eigenvalue weighted by atomic mass is 10.2. The first-order chi connectivity index (χ1) is 9.88. The van der Waals surface area contributed by atoms with E-state index in [1.807, 2.05) is 0 Å². The number of aryl methyl sites for hydroxylation is 2. The highest BCUT2D eigenvalue weighted by Gasteiger charge is 2.35. The molecule has 1 unspecified atom stereocenters. The second kappa shape index (κ2) is 5.81. The second-order valence-electron chi connectivity index (χ2n) is 4.69. The topological polar surface area (TPSA) is 125 Å². The fraction of sp³-hybridized carbons (Fsp3) is 0.500. The summed E-state index contributed by atoms with van der Waals surface area (Å²) in [6.45, 7) is 3.14. The van der Waals surface area contributed by atoms with Gasteiger partial charge in [-0.3, -0.25) is 9.69 Å². The van der Waals surface area contributed by atoms with E-state index in [2.05, 4.69) is 15.6 Å². The van der Waals surface area contributed by atoms with Crippen LogP contribution in [-0.2, 0) is 16.1 Å². The minimum Gasteiger partial charge on any atom is -0.480 e. The molecule has 1 atom stereocenters. The standard InChI is InChI=1S/C12H16N4O5/c1-6-7(2)21-10(15-6)4-14-12(20)16-5-9(17)13-3-8(16)11(18)19/h8H,3-5H2,1-2H3,(H,13,17)(H,14,20)(H,18,19). The first kappa shape index (κ1) is 14.8. The van der Waals surface area contributed by atoms with Gasteiger partial charge in [0, 0.05) is 6.54 Å². The number of nitrogens with one attached hydrogen (secondary N) is 2. The number of urea groups is 1. The molecule has 9 nitrogen and oxygen atoms in total. The summed E-state index contributed by atoms with van der Waals surface area (Å²) in [5, 5.41) is 14.0. The van der Waals surface area contributed by atoms with Crippen molar-refractivity contribution in [3.63, 3.8) is 0 Å². The summed E-state index contributed by atoms with van der Waals surface area (Å²) >= 11 is 0. The lowest BCUT2D eigenvalue weighted by Crippen LogP contribution is -2.61. The van der Waals surface area contributed by atoms with Crippen LogP contribution >= 0.6 is 0 Å². The van der Waals surface area contributed by atoms with Gasteiger partial charge < -0.3 is 20.2 Å². The van der Waals surface area contributed by atoms with E-state index in [4.69, 9.17) is 9.52 Å². The summed E-state index contributed by atoms with van der Waals surface area (Å²) in [7, 11) is 0. The van der Waals surface area contributed by atoms with Crippen molar-refractivity contribution in [2.75, 3.05) is 13.1 Å². The number of carboxylic acid groups (broad SMARTS) is 1. The number of piperazine rings is 1. The van der Waals surface area contributed by atoms with Crippen molar-refractivity contribution in [2.45, 2.75) is 26.4 Å². The molecule has 1 saturated heterocycles. The van der Waals surface area contributed by atoms with Crippen LogP contribution in [0.3, 0.4) is 0 Å². The van der Waals surface area contributed by atoms with Crippen molar-refractivity contribution in [2.24, 2.45) is 0 Å². The van der Waals surface area contributed by atoms with Crippen LogP contribution in [0.4, 0.5) is 4.79 Å². The number of carbonyl (C=O) groups excluding carboxylic acids is 2. The maximum absolute atomic E-state index is 12.0. The number of oxazole rings is 1. The summed E-state index contributed by atoms with van der Waals surface area (Å²) in [5.74, 6) is -0.592. The number of amides is 3. The maximum atomic E-state index is 12.0. The summed E-state index contributed by atoms with van der Waals surface area (Å²) in [5.41, 5.74) is 0.722. The lowest BCUT2D eigenvalue weighted by Gasteiger charge is -2.32. The Balaban J connectivity index is 2.00. The van der Waals surface area contributed by atoms with Gasteiger partial charge in [-0.15, -0.1) is 0 Å². The first-order valence-electron chi connectivity index (χ1n) is 6.35. The molecule has 0 aliphatic carbocycles. The van der Waals surface area contributed by atoms with E-state index in [1.54, 1.807) is 13.8 Å². The molecule has 0 aromatic carbocycles. The Hall–Kier alpha value is -2.58. The van der Waals surface area contributed by atoms with Gasteiger partial charge in [-0.05, 0) is 13.8 Å². The van der Waals surface area contributed by atoms with Crippen LogP contribution in [0.1, 0.15) is 17.3 Å². The van der Waals surface area contributed by atoms with Gasteiger partial charge in [0.2, 0.25) is 11.8 Å². The third-order valence-corrected chi connectivity index (χ3v) is 3.19. The number of hydrogen-bond acceptors (Lipinski definition) is 5. The highest BCUT2D eigenvalue weighted by Crippen LogP contribution is 2.09. The van der Waals surface area contributed by atoms with Gasteiger partial charge in [0.25, 0.3) is 0 Å². The van der Waals surface area contributed by atoms with Gasteiger partial charge in [-0.25, -0.2) is 14.6 Å². The molecule has 0 saturated carbocycles. The van der Waals surface area contributed by atoms with Crippen LogP contribution in [0, 0.1) is 13.8 Å². The normalized spacial score (nSPS) is 18.3. The van der Waals surface area contributed by atoms with E-state index in [0.29, 0.717) is 11.7 Å². The highest BCUT2D eigenvalue weighted by molar-refractivity contribution is 5.90. The number of carbonyl (C=O) groups is 3. The highest BCUT2D eigenvalue weighted by atomic mass is 16.4. The smallest absolute Gasteiger partial charge is 0.328 e. The number of aromatic nitrogens is 1. The van der Waals surface area contributed by atoms with Crippen LogP contribution in [0.15, 0.2) is 4.42 Å². The van der Waals surface area contributed by atoms with Crippen LogP contribution in [-0.4, -0.2) is 52.0 Å². The van der Waals surface area contributed by atoms with E-state index in [1.165, 1.54) is 0 Å². The predicted octanol–water partition coefficient (Wildman–Crippen LogP) is -0.614. The Morgan fingerprint density at radius 3 is 2.81 bits per heavy atom. The van der Waals surface area contributed by atoms with E-state index >= 15 is 0 Å². The van der Waals surface area contributed by atoms with Gasteiger partial charge >= 0.3 is 12.0 Å². The molecule has 3 amide bonds. The second-order valence-corrected chi connectivity index (χ2v) is 4.69. The predicted molar refractivity (Wildman–Crippen MR) is 69.4 cm³/mol. The van der Waals surface area contributed by atoms with Crippen molar-refractivity contribution in [3.05, 3.63) is 17.3 Å². The Labute approximate surface area is 120 Å². The van der Waals surface area contributed by atoms with Crippen molar-refractivity contribution in [1.29, 1.82) is 0 Å². The molecule has 3 N–H and O–H groups in total. The monoisotopic (exact) mass is 296 g/mol. The summed E-state index contributed by atoms with van der Waals surface area (Å²) in [6.07, 6.45) is 0. The van der Waals surface area contributed by atoms with E-state index in [-0.39, 0.29) is 19.6 Å². The Bertz CT molecular complexity index is 563. The molecular weight excluding hydrogens is 280 g/mol. The van der Waals surface area contributed by atoms with Crippen molar-refractivity contribution < 1.29 is 23.9 Å². The molecule has 9 heteroatoms. The summed E-state index contributed by atoms with van der Waals surface area (Å²) in [6, 6.07) is -1.73. The van der Waals surface area contributed by atoms with E-state index in [0.717, 1.165) is 10.6 Å². The minimum absolute atomic E-state index is 0.0258. The molecule has 0 bridgehead atoms. The SMILES string of the molecule is Cc1nc(CNC(=O)N2CC(=O)NCC2C(=O)O)oc1C. The average molecular weight is 296 g/mol. The Kier molecular flexibility index (Phi) is 4.10. The third kappa shape index (κ3) is 3.30. The number of hydrogen-bond donors (Lipinski definition) is 3. The van der Waals surface area contributed by atoms with Crippen molar-refractivity contribution in [3.8, 4) is 0 Å². The molecule has 1 aliphatic heterocycles. The van der Waals surface area contributed by atoms with Crippen LogP contribution in [0.5, 0.6) is 0 Å². The average Bonchev–Trinajstić information content (AvgIpc) is 2.74. The van der Waals surface area contributed by atoms with Gasteiger partial charge in [0.15, 0.2) is 0 Å². The van der Waals surface area contributed by atoms with Crippen LogP contribution in [0.25, 0.3) is 0 Å². The largest absolute Gasteiger partial charge is 0.480 e. The van der Waals surface area contributed by atoms with Gasteiger partial charge in [0.05, 0.1) is 12.2 Å². The molecule has 0 spiro atoms. The molecule has 114 valence electrons. The fourth-order valence-corrected chi connectivity index (χ4v) is 1.94. The van der Waals surface area contributed by atoms with Crippen molar-refractivity contribution >= 4 is 17.9 Å². The molecule has 21 heavy (non-hydrogen) atoms.